The molecule has 0 aliphatic carbocycles. The first-order valence-corrected chi connectivity index (χ1v) is 4.41. The van der Waals surface area contributed by atoms with E-state index in [9.17, 15) is 4.79 Å². The van der Waals surface area contributed by atoms with Crippen molar-refractivity contribution in [1.29, 1.82) is 0 Å². The molecule has 3 nitrogen and oxygen atoms in total. The van der Waals surface area contributed by atoms with Gasteiger partial charge in [0.2, 0.25) is 0 Å². The van der Waals surface area contributed by atoms with Crippen LogP contribution in [0.5, 0.6) is 5.75 Å². The summed E-state index contributed by atoms with van der Waals surface area (Å²) >= 11 is 0. The Bertz CT molecular complexity index is 424. The minimum absolute atomic E-state index is 0.395. The summed E-state index contributed by atoms with van der Waals surface area (Å²) in [6.07, 6.45) is 0. The molecule has 78 valence electrons. The normalized spacial score (nSPS) is 8.73. The van der Waals surface area contributed by atoms with Gasteiger partial charge < -0.3 is 9.47 Å². The molecule has 0 bridgehead atoms. The maximum absolute atomic E-state index is 11.3. The summed E-state index contributed by atoms with van der Waals surface area (Å²) in [5.41, 5.74) is 1.17. The number of benzene rings is 1. The summed E-state index contributed by atoms with van der Waals surface area (Å²) in [6.45, 7) is 1.73. The molecule has 0 aromatic heterocycles. The van der Waals surface area contributed by atoms with Gasteiger partial charge in [0.05, 0.1) is 19.8 Å². The molecule has 0 fully saturated rings. The van der Waals surface area contributed by atoms with Gasteiger partial charge >= 0.3 is 5.97 Å². The van der Waals surface area contributed by atoms with Crippen molar-refractivity contribution >= 4 is 5.97 Å². The summed E-state index contributed by atoms with van der Waals surface area (Å²) in [7, 11) is 2.88. The lowest BCUT2D eigenvalue weighted by atomic mass is 10.1. The quantitative estimate of drug-likeness (QED) is 0.544. The zero-order valence-corrected chi connectivity index (χ0v) is 8.96. The number of hydrogen-bond donors (Lipinski definition) is 0. The highest BCUT2D eigenvalue weighted by Gasteiger charge is 2.08. The van der Waals surface area contributed by atoms with Crippen LogP contribution in [0.2, 0.25) is 0 Å². The number of ether oxygens (including phenoxy) is 2. The highest BCUT2D eigenvalue weighted by Crippen LogP contribution is 2.17. The molecule has 1 aromatic carbocycles. The second-order valence-electron chi connectivity index (χ2n) is 2.82. The van der Waals surface area contributed by atoms with E-state index < -0.39 is 5.97 Å². The van der Waals surface area contributed by atoms with Crippen LogP contribution in [0.3, 0.4) is 0 Å². The van der Waals surface area contributed by atoms with Gasteiger partial charge in [0, 0.05) is 5.56 Å². The molecule has 0 N–H and O–H groups in total. The zero-order valence-electron chi connectivity index (χ0n) is 8.96. The van der Waals surface area contributed by atoms with Crippen molar-refractivity contribution in [1.82, 2.24) is 0 Å². The van der Waals surface area contributed by atoms with Crippen LogP contribution in [0.1, 0.15) is 22.8 Å². The van der Waals surface area contributed by atoms with Gasteiger partial charge in [-0.2, -0.15) is 0 Å². The Morgan fingerprint density at radius 3 is 2.53 bits per heavy atom. The molecule has 0 saturated heterocycles. The average Bonchev–Trinajstić information content (AvgIpc) is 2.28. The van der Waals surface area contributed by atoms with Gasteiger partial charge in [-0.05, 0) is 25.1 Å². The van der Waals surface area contributed by atoms with Crippen LogP contribution in [-0.4, -0.2) is 20.2 Å². The van der Waals surface area contributed by atoms with Crippen LogP contribution in [0.25, 0.3) is 0 Å². The second kappa shape index (κ2) is 5.06. The molecule has 15 heavy (non-hydrogen) atoms. The molecule has 0 aliphatic heterocycles. The van der Waals surface area contributed by atoms with Gasteiger partial charge in [0.25, 0.3) is 0 Å². The summed E-state index contributed by atoms with van der Waals surface area (Å²) in [6, 6.07) is 5.06. The Morgan fingerprint density at radius 1 is 1.27 bits per heavy atom. The van der Waals surface area contributed by atoms with Crippen molar-refractivity contribution < 1.29 is 14.3 Å². The SMILES string of the molecule is CC#Cc1cc(OC)cc(C(=O)OC)c1. The largest absolute Gasteiger partial charge is 0.497 e. The smallest absolute Gasteiger partial charge is 0.338 e. The molecular weight excluding hydrogens is 192 g/mol. The van der Waals surface area contributed by atoms with Gasteiger partial charge in [0.15, 0.2) is 0 Å². The van der Waals surface area contributed by atoms with Crippen LogP contribution in [0.4, 0.5) is 0 Å². The van der Waals surface area contributed by atoms with E-state index in [1.165, 1.54) is 7.11 Å². The molecule has 0 saturated carbocycles. The lowest BCUT2D eigenvalue weighted by molar-refractivity contribution is 0.0600. The number of hydrogen-bond acceptors (Lipinski definition) is 3. The van der Waals surface area contributed by atoms with E-state index in [0.717, 1.165) is 5.56 Å². The first kappa shape index (κ1) is 11.1. The molecule has 0 amide bonds. The third kappa shape index (κ3) is 2.75. The summed E-state index contributed by atoms with van der Waals surface area (Å²) < 4.78 is 9.69. The van der Waals surface area contributed by atoms with Crippen LogP contribution in [-0.2, 0) is 4.74 Å². The number of carbonyl (C=O) groups is 1. The minimum atomic E-state index is -0.395. The van der Waals surface area contributed by atoms with Crippen LogP contribution in [0.15, 0.2) is 18.2 Å². The predicted octanol–water partition coefficient (Wildman–Crippen LogP) is 1.85. The van der Waals surface area contributed by atoms with Crippen molar-refractivity contribution in [3.05, 3.63) is 29.3 Å². The standard InChI is InChI=1S/C12H12O3/c1-4-5-9-6-10(12(13)15-3)8-11(7-9)14-2/h6-8H,1-3H3. The van der Waals surface area contributed by atoms with E-state index in [2.05, 4.69) is 16.6 Å². The molecule has 0 radical (unpaired) electrons. The fraction of sp³-hybridized carbons (Fsp3) is 0.250. The topological polar surface area (TPSA) is 35.5 Å². The number of rotatable bonds is 2. The van der Waals surface area contributed by atoms with Crippen molar-refractivity contribution in [3.63, 3.8) is 0 Å². The lowest BCUT2D eigenvalue weighted by Crippen LogP contribution is -2.02. The van der Waals surface area contributed by atoms with E-state index in [1.54, 1.807) is 32.2 Å². The van der Waals surface area contributed by atoms with Crippen molar-refractivity contribution in [2.75, 3.05) is 14.2 Å². The van der Waals surface area contributed by atoms with Crippen LogP contribution < -0.4 is 4.74 Å². The zero-order chi connectivity index (χ0) is 11.3. The van der Waals surface area contributed by atoms with Crippen molar-refractivity contribution in [2.24, 2.45) is 0 Å². The Kier molecular flexibility index (Phi) is 3.75. The summed E-state index contributed by atoms with van der Waals surface area (Å²) in [5, 5.41) is 0. The molecular formula is C12H12O3. The van der Waals surface area contributed by atoms with Crippen molar-refractivity contribution in [2.45, 2.75) is 6.92 Å². The fourth-order valence-electron chi connectivity index (χ4n) is 1.17. The van der Waals surface area contributed by atoms with Gasteiger partial charge in [-0.1, -0.05) is 5.92 Å². The first-order chi connectivity index (χ1) is 7.21. The van der Waals surface area contributed by atoms with E-state index >= 15 is 0 Å². The van der Waals surface area contributed by atoms with E-state index in [-0.39, 0.29) is 0 Å². The molecule has 0 atom stereocenters. The molecule has 3 heteroatoms. The van der Waals surface area contributed by atoms with Crippen molar-refractivity contribution in [3.8, 4) is 17.6 Å². The van der Waals surface area contributed by atoms with E-state index in [0.29, 0.717) is 11.3 Å². The minimum Gasteiger partial charge on any atom is -0.497 e. The van der Waals surface area contributed by atoms with E-state index in [1.807, 2.05) is 0 Å². The third-order valence-corrected chi connectivity index (χ3v) is 1.83. The maximum atomic E-state index is 11.3. The van der Waals surface area contributed by atoms with Gasteiger partial charge in [0.1, 0.15) is 5.75 Å². The van der Waals surface area contributed by atoms with Gasteiger partial charge in [-0.3, -0.25) is 0 Å². The fourth-order valence-corrected chi connectivity index (χ4v) is 1.17. The Morgan fingerprint density at radius 2 is 2.00 bits per heavy atom. The lowest BCUT2D eigenvalue weighted by Gasteiger charge is -2.04. The molecule has 0 spiro atoms. The Hall–Kier alpha value is -1.95. The molecule has 0 unspecified atom stereocenters. The monoisotopic (exact) mass is 204 g/mol. The Balaban J connectivity index is 3.20. The highest BCUT2D eigenvalue weighted by atomic mass is 16.5. The molecule has 1 aromatic rings. The Labute approximate surface area is 89.0 Å². The highest BCUT2D eigenvalue weighted by molar-refractivity contribution is 5.90. The average molecular weight is 204 g/mol. The molecule has 0 heterocycles. The first-order valence-electron chi connectivity index (χ1n) is 4.41. The number of esters is 1. The maximum Gasteiger partial charge on any atom is 0.338 e. The number of carbonyl (C=O) groups excluding carboxylic acids is 1. The summed E-state index contributed by atoms with van der Waals surface area (Å²) in [4.78, 5) is 11.3. The predicted molar refractivity (Wildman–Crippen MR) is 56.9 cm³/mol. The third-order valence-electron chi connectivity index (χ3n) is 1.83. The van der Waals surface area contributed by atoms with Crippen LogP contribution in [0, 0.1) is 11.8 Å². The molecule has 0 aliphatic rings. The second-order valence-corrected chi connectivity index (χ2v) is 2.82. The van der Waals surface area contributed by atoms with Gasteiger partial charge in [-0.15, -0.1) is 5.92 Å². The van der Waals surface area contributed by atoms with Gasteiger partial charge in [-0.25, -0.2) is 4.79 Å². The summed E-state index contributed by atoms with van der Waals surface area (Å²) in [5.74, 6) is 5.82. The number of methoxy groups -OCH3 is 2. The van der Waals surface area contributed by atoms with E-state index in [4.69, 9.17) is 4.74 Å². The van der Waals surface area contributed by atoms with Crippen LogP contribution >= 0.6 is 0 Å². The molecule has 1 rings (SSSR count).